The second kappa shape index (κ2) is 8.57. The highest BCUT2D eigenvalue weighted by atomic mass is 32.2. The fourth-order valence-electron chi connectivity index (χ4n) is 2.54. The lowest BCUT2D eigenvalue weighted by Gasteiger charge is -2.15. The van der Waals surface area contributed by atoms with E-state index in [1.807, 2.05) is 0 Å². The number of carbonyl (C=O) groups is 3. The number of hydrazone groups is 1. The van der Waals surface area contributed by atoms with Crippen LogP contribution >= 0.6 is 11.8 Å². The fourth-order valence-corrected chi connectivity index (χ4v) is 3.41. The number of aliphatic carboxylic acids is 1. The molecule has 1 fully saturated rings. The van der Waals surface area contributed by atoms with Crippen molar-refractivity contribution in [3.63, 3.8) is 0 Å². The zero-order valence-corrected chi connectivity index (χ0v) is 15.7. The largest absolute Gasteiger partial charge is 0.481 e. The van der Waals surface area contributed by atoms with E-state index in [0.717, 1.165) is 16.7 Å². The summed E-state index contributed by atoms with van der Waals surface area (Å²) in [5.74, 6) is 1.38. The molecule has 0 aromatic heterocycles. The van der Waals surface area contributed by atoms with E-state index in [1.54, 1.807) is 0 Å². The maximum absolute atomic E-state index is 12.4. The van der Waals surface area contributed by atoms with Crippen molar-refractivity contribution < 1.29 is 24.4 Å². The minimum Gasteiger partial charge on any atom is -0.481 e. The van der Waals surface area contributed by atoms with Gasteiger partial charge in [0.25, 0.3) is 16.8 Å². The SMILES string of the molecule is O=C(O)CCCN1C(=O)S/C(=C\C2=NN(c3ccc([N+](=O)[O-])cc3)C#CC2)C1=O. The topological polar surface area (TPSA) is 133 Å². The summed E-state index contributed by atoms with van der Waals surface area (Å²) in [5.41, 5.74) is 0.924. The van der Waals surface area contributed by atoms with E-state index in [2.05, 4.69) is 17.1 Å². The Balaban J connectivity index is 1.73. The molecule has 1 N–H and O–H groups in total. The van der Waals surface area contributed by atoms with Gasteiger partial charge in [-0.25, -0.2) is 0 Å². The first-order valence-electron chi connectivity index (χ1n) is 8.43. The van der Waals surface area contributed by atoms with Crippen molar-refractivity contribution in [2.24, 2.45) is 5.10 Å². The van der Waals surface area contributed by atoms with Crippen LogP contribution in [0.3, 0.4) is 0 Å². The summed E-state index contributed by atoms with van der Waals surface area (Å²) >= 11 is 0.765. The van der Waals surface area contributed by atoms with E-state index < -0.39 is 22.0 Å². The molecular formula is C18H14N4O6S. The second-order valence-corrected chi connectivity index (χ2v) is 6.97. The Bertz CT molecular complexity index is 1010. The maximum atomic E-state index is 12.4. The molecule has 2 heterocycles. The highest BCUT2D eigenvalue weighted by Crippen LogP contribution is 2.31. The number of nitro groups is 1. The van der Waals surface area contributed by atoms with Gasteiger partial charge in [-0.05, 0) is 36.4 Å². The van der Waals surface area contributed by atoms with Crippen molar-refractivity contribution in [3.8, 4) is 12.0 Å². The molecule has 0 unspecified atom stereocenters. The standard InChI is InChI=1S/C18H14N4O6S/c23-16(24)4-2-9-20-17(25)15(29-18(20)26)11-12-3-1-10-21(19-12)13-5-7-14(8-6-13)22(27)28/h5-8,11H,2-4,9H2,(H,23,24)/b15-11-. The molecule has 1 saturated heterocycles. The molecule has 1 aromatic carbocycles. The Kier molecular flexibility index (Phi) is 5.94. The molecular weight excluding hydrogens is 400 g/mol. The molecule has 2 aliphatic rings. The number of carboxylic acid groups (broad SMARTS) is 1. The van der Waals surface area contributed by atoms with Crippen molar-refractivity contribution in [2.75, 3.05) is 11.6 Å². The summed E-state index contributed by atoms with van der Waals surface area (Å²) in [6, 6.07) is 8.47. The van der Waals surface area contributed by atoms with Crippen LogP contribution in [0.5, 0.6) is 0 Å². The Morgan fingerprint density at radius 1 is 1.34 bits per heavy atom. The summed E-state index contributed by atoms with van der Waals surface area (Å²) < 4.78 is 0. The normalized spacial score (nSPS) is 17.2. The summed E-state index contributed by atoms with van der Waals surface area (Å²) in [5, 5.41) is 24.6. The number of carbonyl (C=O) groups excluding carboxylic acids is 2. The van der Waals surface area contributed by atoms with Gasteiger partial charge < -0.3 is 5.11 Å². The van der Waals surface area contributed by atoms with Crippen LogP contribution in [0.15, 0.2) is 40.3 Å². The highest BCUT2D eigenvalue weighted by Gasteiger charge is 2.35. The van der Waals surface area contributed by atoms with Crippen LogP contribution in [0.25, 0.3) is 0 Å². The molecule has 0 atom stereocenters. The smallest absolute Gasteiger partial charge is 0.303 e. The van der Waals surface area contributed by atoms with Gasteiger partial charge in [0.15, 0.2) is 0 Å². The number of imide groups is 1. The Hall–Kier alpha value is -3.65. The number of nitrogens with zero attached hydrogens (tertiary/aromatic N) is 4. The van der Waals surface area contributed by atoms with E-state index in [4.69, 9.17) is 5.11 Å². The van der Waals surface area contributed by atoms with Crippen LogP contribution < -0.4 is 5.01 Å². The van der Waals surface area contributed by atoms with Gasteiger partial charge >= 0.3 is 5.97 Å². The third-order valence-corrected chi connectivity index (χ3v) is 4.84. The average Bonchev–Trinajstić information content (AvgIpc) is 2.95. The summed E-state index contributed by atoms with van der Waals surface area (Å²) in [7, 11) is 0. The number of thioether (sulfide) groups is 1. The number of amides is 2. The Labute approximate surface area is 169 Å². The lowest BCUT2D eigenvalue weighted by molar-refractivity contribution is -0.384. The second-order valence-electron chi connectivity index (χ2n) is 5.97. The van der Waals surface area contributed by atoms with Gasteiger partial charge in [-0.2, -0.15) is 10.1 Å². The first kappa shape index (κ1) is 20.1. The van der Waals surface area contributed by atoms with Gasteiger partial charge in [0, 0.05) is 31.1 Å². The summed E-state index contributed by atoms with van der Waals surface area (Å²) in [6.45, 7) is 0.0372. The molecule has 29 heavy (non-hydrogen) atoms. The van der Waals surface area contributed by atoms with E-state index in [1.165, 1.54) is 35.4 Å². The molecule has 2 amide bonds. The van der Waals surface area contributed by atoms with E-state index in [-0.39, 0.29) is 36.4 Å². The van der Waals surface area contributed by atoms with Gasteiger partial charge in [-0.1, -0.05) is 5.92 Å². The molecule has 0 saturated carbocycles. The maximum Gasteiger partial charge on any atom is 0.303 e. The molecule has 2 aliphatic heterocycles. The van der Waals surface area contributed by atoms with Crippen molar-refractivity contribution >= 4 is 46.0 Å². The monoisotopic (exact) mass is 414 g/mol. The first-order valence-corrected chi connectivity index (χ1v) is 9.24. The van der Waals surface area contributed by atoms with Crippen LogP contribution in [0.2, 0.25) is 0 Å². The van der Waals surface area contributed by atoms with Crippen molar-refractivity contribution in [3.05, 3.63) is 45.4 Å². The minimum absolute atomic E-state index is 0.0372. The third kappa shape index (κ3) is 4.80. The Morgan fingerprint density at radius 3 is 2.72 bits per heavy atom. The number of benzene rings is 1. The molecule has 0 bridgehead atoms. The molecule has 0 aliphatic carbocycles. The first-order chi connectivity index (χ1) is 13.8. The number of anilines is 1. The van der Waals surface area contributed by atoms with Crippen molar-refractivity contribution in [1.29, 1.82) is 0 Å². The predicted molar refractivity (Wildman–Crippen MR) is 105 cm³/mol. The average molecular weight is 414 g/mol. The van der Waals surface area contributed by atoms with Crippen molar-refractivity contribution in [2.45, 2.75) is 19.3 Å². The molecule has 11 heteroatoms. The van der Waals surface area contributed by atoms with Gasteiger partial charge in [0.2, 0.25) is 0 Å². The summed E-state index contributed by atoms with van der Waals surface area (Å²) in [4.78, 5) is 46.5. The van der Waals surface area contributed by atoms with E-state index in [0.29, 0.717) is 11.4 Å². The van der Waals surface area contributed by atoms with Crippen LogP contribution in [0.1, 0.15) is 19.3 Å². The Morgan fingerprint density at radius 2 is 2.07 bits per heavy atom. The highest BCUT2D eigenvalue weighted by molar-refractivity contribution is 8.18. The van der Waals surface area contributed by atoms with Crippen molar-refractivity contribution in [1.82, 2.24) is 4.90 Å². The molecule has 3 rings (SSSR count). The van der Waals surface area contributed by atoms with E-state index in [9.17, 15) is 24.5 Å². The zero-order chi connectivity index (χ0) is 21.0. The molecule has 148 valence electrons. The third-order valence-electron chi connectivity index (χ3n) is 3.93. The van der Waals surface area contributed by atoms with Gasteiger partial charge in [-0.15, -0.1) is 0 Å². The number of non-ortho nitro benzene ring substituents is 1. The van der Waals surface area contributed by atoms with Gasteiger partial charge in [0.1, 0.15) is 0 Å². The number of carboxylic acids is 1. The number of rotatable bonds is 7. The predicted octanol–water partition coefficient (Wildman–Crippen LogP) is 2.57. The number of nitro benzene ring substituents is 1. The zero-order valence-electron chi connectivity index (χ0n) is 14.9. The lowest BCUT2D eigenvalue weighted by Crippen LogP contribution is -2.29. The summed E-state index contributed by atoms with van der Waals surface area (Å²) in [6.07, 6.45) is 1.80. The lowest BCUT2D eigenvalue weighted by atomic mass is 10.2. The van der Waals surface area contributed by atoms with Crippen LogP contribution in [-0.2, 0) is 9.59 Å². The van der Waals surface area contributed by atoms with Crippen LogP contribution in [0.4, 0.5) is 16.2 Å². The van der Waals surface area contributed by atoms with Gasteiger partial charge in [0.05, 0.1) is 27.6 Å². The van der Waals surface area contributed by atoms with Gasteiger partial charge in [-0.3, -0.25) is 29.4 Å². The number of hydrogen-bond donors (Lipinski definition) is 1. The molecule has 1 aromatic rings. The molecule has 0 radical (unpaired) electrons. The minimum atomic E-state index is -0.992. The number of hydrogen-bond acceptors (Lipinski definition) is 8. The molecule has 10 nitrogen and oxygen atoms in total. The molecule has 0 spiro atoms. The fraction of sp³-hybridized carbons (Fsp3) is 0.222. The van der Waals surface area contributed by atoms with Crippen LogP contribution in [0, 0.1) is 22.1 Å². The number of allylic oxidation sites excluding steroid dienone is 1. The van der Waals surface area contributed by atoms with E-state index >= 15 is 0 Å². The quantitative estimate of drug-likeness (QED) is 0.311. The van der Waals surface area contributed by atoms with Crippen LogP contribution in [-0.4, -0.2) is 44.3 Å².